The molecule has 1 unspecified atom stereocenters. The van der Waals surface area contributed by atoms with Gasteiger partial charge in [0, 0.05) is 38.0 Å². The second kappa shape index (κ2) is 16.6. The summed E-state index contributed by atoms with van der Waals surface area (Å²) in [5, 5.41) is 16.9. The number of nitro benzene ring substituents is 1. The smallest absolute Gasteiger partial charge is 0.269 e. The lowest BCUT2D eigenvalue weighted by atomic mass is 9.95. The minimum atomic E-state index is -0.719. The van der Waals surface area contributed by atoms with Crippen LogP contribution in [0.1, 0.15) is 69.2 Å². The van der Waals surface area contributed by atoms with Gasteiger partial charge in [-0.25, -0.2) is 15.4 Å². The SMILES string of the molecule is CCCCNC(=S)N(NCC[C@@H](C)CC)C(=O)C(Cc1cccc(Cl)c1Cl)c1cncn1Cc1ccc([N+](=O)[O-])cc1. The highest BCUT2D eigenvalue weighted by Gasteiger charge is 2.32. The molecule has 2 atom stereocenters. The van der Waals surface area contributed by atoms with Crippen molar-refractivity contribution in [2.45, 2.75) is 65.3 Å². The summed E-state index contributed by atoms with van der Waals surface area (Å²) in [6.07, 6.45) is 7.38. The fourth-order valence-corrected chi connectivity index (χ4v) is 5.05. The first-order chi connectivity index (χ1) is 20.2. The van der Waals surface area contributed by atoms with E-state index in [2.05, 4.69) is 36.5 Å². The summed E-state index contributed by atoms with van der Waals surface area (Å²) in [6.45, 7) is 7.99. The number of imidazole rings is 1. The predicted octanol–water partition coefficient (Wildman–Crippen LogP) is 6.92. The molecular formula is C30H38Cl2N6O3S. The zero-order chi connectivity index (χ0) is 30.6. The number of non-ortho nitro benzene ring substituents is 1. The lowest BCUT2D eigenvalue weighted by Gasteiger charge is -2.29. The number of amides is 1. The van der Waals surface area contributed by atoms with Gasteiger partial charge in [0.1, 0.15) is 0 Å². The summed E-state index contributed by atoms with van der Waals surface area (Å²) in [5.74, 6) is -0.488. The van der Waals surface area contributed by atoms with Crippen LogP contribution in [0.15, 0.2) is 55.0 Å². The fraction of sp³-hybridized carbons (Fsp3) is 0.433. The van der Waals surface area contributed by atoms with Crippen molar-refractivity contribution in [2.24, 2.45) is 5.92 Å². The van der Waals surface area contributed by atoms with Crippen molar-refractivity contribution in [1.82, 2.24) is 25.3 Å². The molecule has 1 aromatic heterocycles. The summed E-state index contributed by atoms with van der Waals surface area (Å²) in [5.41, 5.74) is 5.49. The lowest BCUT2D eigenvalue weighted by Crippen LogP contribution is -2.54. The van der Waals surface area contributed by atoms with E-state index in [4.69, 9.17) is 35.4 Å². The number of unbranched alkanes of at least 4 members (excludes halogenated alkanes) is 1. The molecule has 0 aliphatic carbocycles. The third kappa shape index (κ3) is 9.22. The van der Waals surface area contributed by atoms with Gasteiger partial charge in [-0.3, -0.25) is 14.9 Å². The Labute approximate surface area is 262 Å². The van der Waals surface area contributed by atoms with Gasteiger partial charge in [0.2, 0.25) is 0 Å². The van der Waals surface area contributed by atoms with Crippen molar-refractivity contribution in [2.75, 3.05) is 13.1 Å². The van der Waals surface area contributed by atoms with E-state index in [-0.39, 0.29) is 18.0 Å². The monoisotopic (exact) mass is 632 g/mol. The topological polar surface area (TPSA) is 105 Å². The molecule has 2 N–H and O–H groups in total. The Hall–Kier alpha value is -3.05. The van der Waals surface area contributed by atoms with E-state index in [0.717, 1.165) is 36.8 Å². The number of carbonyl (C=O) groups is 1. The van der Waals surface area contributed by atoms with Crippen LogP contribution in [0.5, 0.6) is 0 Å². The second-order valence-electron chi connectivity index (χ2n) is 10.3. The fourth-order valence-electron chi connectivity index (χ4n) is 4.40. The number of hydrogen-bond acceptors (Lipinski definition) is 6. The van der Waals surface area contributed by atoms with Gasteiger partial charge in [0.25, 0.3) is 11.6 Å². The highest BCUT2D eigenvalue weighted by molar-refractivity contribution is 7.80. The maximum Gasteiger partial charge on any atom is 0.269 e. The molecule has 0 saturated carbocycles. The van der Waals surface area contributed by atoms with Gasteiger partial charge in [-0.15, -0.1) is 0 Å². The van der Waals surface area contributed by atoms with E-state index in [0.29, 0.717) is 46.4 Å². The quantitative estimate of drug-likeness (QED) is 0.0811. The molecule has 0 saturated heterocycles. The molecule has 3 aromatic rings. The molecule has 0 radical (unpaired) electrons. The molecule has 0 aliphatic heterocycles. The number of nitrogens with zero attached hydrogens (tertiary/aromatic N) is 4. The van der Waals surface area contributed by atoms with Crippen molar-refractivity contribution >= 4 is 52.1 Å². The van der Waals surface area contributed by atoms with Gasteiger partial charge in [0.15, 0.2) is 5.11 Å². The summed E-state index contributed by atoms with van der Waals surface area (Å²) in [7, 11) is 0. The Morgan fingerprint density at radius 3 is 2.57 bits per heavy atom. The van der Waals surface area contributed by atoms with Crippen molar-refractivity contribution in [3.05, 3.63) is 92.0 Å². The van der Waals surface area contributed by atoms with Crippen molar-refractivity contribution in [3.8, 4) is 0 Å². The molecule has 42 heavy (non-hydrogen) atoms. The van der Waals surface area contributed by atoms with Gasteiger partial charge >= 0.3 is 0 Å². The zero-order valence-corrected chi connectivity index (χ0v) is 26.5. The van der Waals surface area contributed by atoms with Gasteiger partial charge < -0.3 is 9.88 Å². The summed E-state index contributed by atoms with van der Waals surface area (Å²) in [6, 6.07) is 11.7. The molecule has 226 valence electrons. The second-order valence-corrected chi connectivity index (χ2v) is 11.5. The molecule has 1 amide bonds. The highest BCUT2D eigenvalue weighted by Crippen LogP contribution is 2.31. The molecule has 0 spiro atoms. The molecular weight excluding hydrogens is 595 g/mol. The lowest BCUT2D eigenvalue weighted by molar-refractivity contribution is -0.384. The molecule has 3 rings (SSSR count). The van der Waals surface area contributed by atoms with E-state index in [1.165, 1.54) is 17.1 Å². The van der Waals surface area contributed by atoms with Crippen LogP contribution in [0.2, 0.25) is 10.0 Å². The maximum atomic E-state index is 14.4. The van der Waals surface area contributed by atoms with Crippen molar-refractivity contribution in [3.63, 3.8) is 0 Å². The third-order valence-electron chi connectivity index (χ3n) is 7.19. The van der Waals surface area contributed by atoms with Crippen LogP contribution >= 0.6 is 35.4 Å². The number of benzene rings is 2. The molecule has 0 bridgehead atoms. The van der Waals surface area contributed by atoms with Crippen molar-refractivity contribution in [1.29, 1.82) is 0 Å². The number of carbonyl (C=O) groups excluding carboxylic acids is 1. The number of aromatic nitrogens is 2. The first kappa shape index (κ1) is 33.5. The van der Waals surface area contributed by atoms with Crippen LogP contribution in [-0.4, -0.2) is 43.6 Å². The third-order valence-corrected chi connectivity index (χ3v) is 8.37. The first-order valence-corrected chi connectivity index (χ1v) is 15.3. The molecule has 9 nitrogen and oxygen atoms in total. The molecule has 0 fully saturated rings. The predicted molar refractivity (Wildman–Crippen MR) is 172 cm³/mol. The van der Waals surface area contributed by atoms with Crippen LogP contribution in [-0.2, 0) is 17.8 Å². The van der Waals surface area contributed by atoms with Crippen LogP contribution in [0.4, 0.5) is 5.69 Å². The van der Waals surface area contributed by atoms with Crippen LogP contribution in [0.25, 0.3) is 0 Å². The van der Waals surface area contributed by atoms with E-state index < -0.39 is 10.8 Å². The Balaban J connectivity index is 1.99. The summed E-state index contributed by atoms with van der Waals surface area (Å²) >= 11 is 18.6. The van der Waals surface area contributed by atoms with E-state index >= 15 is 0 Å². The first-order valence-electron chi connectivity index (χ1n) is 14.2. The van der Waals surface area contributed by atoms with Gasteiger partial charge in [-0.2, -0.15) is 0 Å². The van der Waals surface area contributed by atoms with E-state index in [1.807, 2.05) is 10.6 Å². The average Bonchev–Trinajstić information content (AvgIpc) is 3.43. The van der Waals surface area contributed by atoms with Crippen LogP contribution in [0, 0.1) is 16.0 Å². The maximum absolute atomic E-state index is 14.4. The number of halogens is 2. The molecule has 1 heterocycles. The Morgan fingerprint density at radius 1 is 1.17 bits per heavy atom. The van der Waals surface area contributed by atoms with Gasteiger partial charge in [-0.05, 0) is 54.6 Å². The van der Waals surface area contributed by atoms with E-state index in [1.54, 1.807) is 36.8 Å². The van der Waals surface area contributed by atoms with Crippen LogP contribution in [0.3, 0.4) is 0 Å². The number of rotatable bonds is 15. The largest absolute Gasteiger partial charge is 0.361 e. The number of nitrogens with one attached hydrogen (secondary N) is 2. The zero-order valence-electron chi connectivity index (χ0n) is 24.2. The van der Waals surface area contributed by atoms with Crippen molar-refractivity contribution < 1.29 is 9.72 Å². The number of nitro groups is 1. The Morgan fingerprint density at radius 2 is 1.90 bits per heavy atom. The van der Waals surface area contributed by atoms with Gasteiger partial charge in [0.05, 0.1) is 32.9 Å². The molecule has 2 aromatic carbocycles. The Kier molecular flexibility index (Phi) is 13.2. The number of thiocarbonyl (C=S) groups is 1. The standard InChI is InChI=1S/C30H38Cl2N6O3S/c1-4-6-15-34-30(42)37(35-16-14-21(3)5-2)29(39)25(17-23-8-7-9-26(31)28(23)32)27-18-33-20-36(27)19-22-10-12-24(13-11-22)38(40)41/h7-13,18,20-21,25,35H,4-6,14-17,19H2,1-3H3,(H,34,42)/t21-,25?/m0/s1. The number of hydrazine groups is 1. The summed E-state index contributed by atoms with van der Waals surface area (Å²) < 4.78 is 1.87. The molecule has 0 aliphatic rings. The van der Waals surface area contributed by atoms with E-state index in [9.17, 15) is 14.9 Å². The van der Waals surface area contributed by atoms with Crippen LogP contribution < -0.4 is 10.7 Å². The highest BCUT2D eigenvalue weighted by atomic mass is 35.5. The Bertz CT molecular complexity index is 1350. The summed E-state index contributed by atoms with van der Waals surface area (Å²) in [4.78, 5) is 29.5. The molecule has 12 heteroatoms. The number of hydrogen-bond donors (Lipinski definition) is 2. The van der Waals surface area contributed by atoms with Gasteiger partial charge in [-0.1, -0.05) is 81.1 Å². The minimum Gasteiger partial charge on any atom is -0.361 e. The normalized spacial score (nSPS) is 12.5. The average molecular weight is 634 g/mol. The minimum absolute atomic E-state index is 0.0106.